The molecule has 20 heavy (non-hydrogen) atoms. The highest BCUT2D eigenvalue weighted by molar-refractivity contribution is 5.82. The Morgan fingerprint density at radius 1 is 1.55 bits per heavy atom. The van der Waals surface area contributed by atoms with Crippen LogP contribution in [0.5, 0.6) is 5.75 Å². The van der Waals surface area contributed by atoms with Crippen LogP contribution in [0.1, 0.15) is 38.7 Å². The van der Waals surface area contributed by atoms with Gasteiger partial charge in [0.05, 0.1) is 13.7 Å². The fraction of sp³-hybridized carbons (Fsp3) is 0.533. The largest absolute Gasteiger partial charge is 0.497 e. The number of hydrogen-bond acceptors (Lipinski definition) is 4. The van der Waals surface area contributed by atoms with Crippen molar-refractivity contribution in [1.82, 2.24) is 5.43 Å². The van der Waals surface area contributed by atoms with Crippen LogP contribution < -0.4 is 20.9 Å². The van der Waals surface area contributed by atoms with E-state index in [0.29, 0.717) is 5.92 Å². The maximum absolute atomic E-state index is 11.7. The van der Waals surface area contributed by atoms with Gasteiger partial charge in [-0.25, -0.2) is 5.84 Å². The van der Waals surface area contributed by atoms with E-state index in [0.717, 1.165) is 17.9 Å². The zero-order valence-electron chi connectivity index (χ0n) is 12.6. The number of amides is 1. The summed E-state index contributed by atoms with van der Waals surface area (Å²) in [6.07, 6.45) is 0.990. The van der Waals surface area contributed by atoms with Gasteiger partial charge in [-0.2, -0.15) is 0 Å². The number of nitrogens with zero attached hydrogens (tertiary/aromatic N) is 1. The van der Waals surface area contributed by atoms with E-state index in [9.17, 15) is 4.79 Å². The van der Waals surface area contributed by atoms with E-state index in [-0.39, 0.29) is 18.0 Å². The molecule has 0 aliphatic carbocycles. The van der Waals surface area contributed by atoms with Crippen LogP contribution in [0.3, 0.4) is 0 Å². The Morgan fingerprint density at radius 2 is 2.25 bits per heavy atom. The molecule has 0 radical (unpaired) electrons. The van der Waals surface area contributed by atoms with Gasteiger partial charge in [0.2, 0.25) is 0 Å². The van der Waals surface area contributed by atoms with Gasteiger partial charge in [-0.3, -0.25) is 10.2 Å². The lowest BCUT2D eigenvalue weighted by atomic mass is 9.80. The molecule has 0 saturated heterocycles. The third kappa shape index (κ3) is 2.58. The van der Waals surface area contributed by atoms with Crippen LogP contribution in [0.15, 0.2) is 18.2 Å². The molecule has 1 amide bonds. The molecule has 3 N–H and O–H groups in total. The summed E-state index contributed by atoms with van der Waals surface area (Å²) < 4.78 is 5.31. The van der Waals surface area contributed by atoms with Gasteiger partial charge < -0.3 is 9.64 Å². The number of ether oxygens (including phenoxy) is 1. The number of fused-ring (bicyclic) bond motifs is 1. The van der Waals surface area contributed by atoms with Crippen LogP contribution >= 0.6 is 0 Å². The first kappa shape index (κ1) is 14.7. The van der Waals surface area contributed by atoms with Crippen LogP contribution in [0, 0.1) is 0 Å². The minimum Gasteiger partial charge on any atom is -0.497 e. The van der Waals surface area contributed by atoms with Gasteiger partial charge in [0.1, 0.15) is 5.75 Å². The Bertz CT molecular complexity index is 514. The topological polar surface area (TPSA) is 67.6 Å². The highest BCUT2D eigenvalue weighted by Crippen LogP contribution is 2.44. The summed E-state index contributed by atoms with van der Waals surface area (Å²) in [6, 6.07) is 6.05. The van der Waals surface area contributed by atoms with Gasteiger partial charge in [0.25, 0.3) is 5.91 Å². The fourth-order valence-corrected chi connectivity index (χ4v) is 3.08. The number of nitrogens with one attached hydrogen (secondary N) is 1. The van der Waals surface area contributed by atoms with Crippen molar-refractivity contribution in [2.45, 2.75) is 38.6 Å². The molecule has 1 aliphatic heterocycles. The summed E-state index contributed by atoms with van der Waals surface area (Å²) in [5, 5.41) is 0. The van der Waals surface area contributed by atoms with Crippen molar-refractivity contribution < 1.29 is 9.53 Å². The molecule has 0 unspecified atom stereocenters. The van der Waals surface area contributed by atoms with Crippen molar-refractivity contribution in [3.05, 3.63) is 23.8 Å². The average Bonchev–Trinajstić information content (AvgIpc) is 2.41. The SMILES string of the molecule is COc1ccc2c(c1)N(CC(=O)NN)C(C)(C)C[C@H]2C. The second-order valence-corrected chi connectivity index (χ2v) is 6.00. The first-order valence-electron chi connectivity index (χ1n) is 6.84. The summed E-state index contributed by atoms with van der Waals surface area (Å²) in [5.74, 6) is 6.28. The molecule has 5 heteroatoms. The first-order chi connectivity index (χ1) is 9.39. The second-order valence-electron chi connectivity index (χ2n) is 6.00. The predicted molar refractivity (Wildman–Crippen MR) is 79.8 cm³/mol. The third-order valence-electron chi connectivity index (χ3n) is 4.06. The maximum Gasteiger partial charge on any atom is 0.253 e. The van der Waals surface area contributed by atoms with Gasteiger partial charge >= 0.3 is 0 Å². The van der Waals surface area contributed by atoms with Crippen LogP contribution in [-0.4, -0.2) is 25.1 Å². The Labute approximate surface area is 120 Å². The molecule has 0 spiro atoms. The summed E-state index contributed by atoms with van der Waals surface area (Å²) in [5.41, 5.74) is 4.40. The van der Waals surface area contributed by atoms with Gasteiger partial charge in [-0.05, 0) is 37.8 Å². The Kier molecular flexibility index (Phi) is 3.90. The summed E-state index contributed by atoms with van der Waals surface area (Å²) >= 11 is 0. The molecule has 1 aromatic rings. The number of hydrazine groups is 1. The molecule has 0 saturated carbocycles. The molecule has 0 aromatic heterocycles. The van der Waals surface area contributed by atoms with Crippen molar-refractivity contribution in [2.24, 2.45) is 5.84 Å². The maximum atomic E-state index is 11.7. The van der Waals surface area contributed by atoms with E-state index in [1.807, 2.05) is 12.1 Å². The van der Waals surface area contributed by atoms with Crippen molar-refractivity contribution in [1.29, 1.82) is 0 Å². The standard InChI is InChI=1S/C15H23N3O2/c1-10-8-15(2,3)18(9-14(19)17-16)13-7-11(20-4)5-6-12(10)13/h5-7,10H,8-9,16H2,1-4H3,(H,17,19)/t10-/m1/s1. The van der Waals surface area contributed by atoms with Crippen molar-refractivity contribution in [3.63, 3.8) is 0 Å². The van der Waals surface area contributed by atoms with E-state index in [2.05, 4.69) is 37.2 Å². The van der Waals surface area contributed by atoms with E-state index in [1.165, 1.54) is 5.56 Å². The van der Waals surface area contributed by atoms with Gasteiger partial charge in [-0.1, -0.05) is 13.0 Å². The second kappa shape index (κ2) is 5.32. The molecule has 2 rings (SSSR count). The summed E-state index contributed by atoms with van der Waals surface area (Å²) in [4.78, 5) is 13.8. The minimum absolute atomic E-state index is 0.106. The zero-order chi connectivity index (χ0) is 14.9. The number of rotatable bonds is 3. The molecule has 0 fully saturated rings. The quantitative estimate of drug-likeness (QED) is 0.502. The molecule has 1 aliphatic rings. The Balaban J connectivity index is 2.48. The molecular formula is C15H23N3O2. The van der Waals surface area contributed by atoms with Crippen molar-refractivity contribution in [3.8, 4) is 5.75 Å². The number of anilines is 1. The highest BCUT2D eigenvalue weighted by Gasteiger charge is 2.37. The van der Waals surface area contributed by atoms with Gasteiger partial charge in [-0.15, -0.1) is 0 Å². The number of methoxy groups -OCH3 is 1. The minimum atomic E-state index is -0.193. The zero-order valence-corrected chi connectivity index (χ0v) is 12.6. The smallest absolute Gasteiger partial charge is 0.253 e. The van der Waals surface area contributed by atoms with Crippen LogP contribution in [0.4, 0.5) is 5.69 Å². The van der Waals surface area contributed by atoms with Gasteiger partial charge in [0, 0.05) is 17.3 Å². The molecule has 0 bridgehead atoms. The molecule has 1 atom stereocenters. The highest BCUT2D eigenvalue weighted by atomic mass is 16.5. The van der Waals surface area contributed by atoms with E-state index in [4.69, 9.17) is 10.6 Å². The lowest BCUT2D eigenvalue weighted by Crippen LogP contribution is -2.53. The summed E-state index contributed by atoms with van der Waals surface area (Å²) in [6.45, 7) is 6.76. The monoisotopic (exact) mass is 277 g/mol. The van der Waals surface area contributed by atoms with Crippen molar-refractivity contribution >= 4 is 11.6 Å². The number of carbonyl (C=O) groups excluding carboxylic acids is 1. The lowest BCUT2D eigenvalue weighted by molar-refractivity contribution is -0.120. The van der Waals surface area contributed by atoms with E-state index >= 15 is 0 Å². The molecule has 110 valence electrons. The van der Waals surface area contributed by atoms with E-state index in [1.54, 1.807) is 7.11 Å². The Morgan fingerprint density at radius 3 is 2.85 bits per heavy atom. The summed E-state index contributed by atoms with van der Waals surface area (Å²) in [7, 11) is 1.65. The normalized spacial score (nSPS) is 20.2. The Hall–Kier alpha value is -1.75. The number of hydrogen-bond donors (Lipinski definition) is 2. The van der Waals surface area contributed by atoms with Crippen LogP contribution in [0.2, 0.25) is 0 Å². The van der Waals surface area contributed by atoms with Crippen LogP contribution in [0.25, 0.3) is 0 Å². The number of nitrogens with two attached hydrogens (primary N) is 1. The average molecular weight is 277 g/mol. The third-order valence-corrected chi connectivity index (χ3v) is 4.06. The van der Waals surface area contributed by atoms with Gasteiger partial charge in [0.15, 0.2) is 0 Å². The molecule has 1 heterocycles. The number of benzene rings is 1. The molecule has 5 nitrogen and oxygen atoms in total. The molecular weight excluding hydrogens is 254 g/mol. The lowest BCUT2D eigenvalue weighted by Gasteiger charge is -2.47. The number of carbonyl (C=O) groups is 1. The predicted octanol–water partition coefficient (Wildman–Crippen LogP) is 1.78. The van der Waals surface area contributed by atoms with Crippen molar-refractivity contribution in [2.75, 3.05) is 18.6 Å². The van der Waals surface area contributed by atoms with E-state index < -0.39 is 0 Å². The van der Waals surface area contributed by atoms with Crippen LogP contribution in [-0.2, 0) is 4.79 Å². The molecule has 1 aromatic carbocycles. The first-order valence-corrected chi connectivity index (χ1v) is 6.84. The fourth-order valence-electron chi connectivity index (χ4n) is 3.08.